The van der Waals surface area contributed by atoms with Crippen LogP contribution in [0.25, 0.3) is 10.9 Å². The highest BCUT2D eigenvalue weighted by Gasteiger charge is 2.46. The van der Waals surface area contributed by atoms with Crippen molar-refractivity contribution in [3.63, 3.8) is 0 Å². The molecule has 0 aliphatic heterocycles. The van der Waals surface area contributed by atoms with E-state index in [9.17, 15) is 13.2 Å². The summed E-state index contributed by atoms with van der Waals surface area (Å²) in [6, 6.07) is 14.3. The molecule has 4 rings (SSSR count). The van der Waals surface area contributed by atoms with Gasteiger partial charge in [-0.25, -0.2) is 12.4 Å². The van der Waals surface area contributed by atoms with E-state index in [1.165, 1.54) is 3.97 Å². The smallest absolute Gasteiger partial charge is 0.309 e. The van der Waals surface area contributed by atoms with Crippen LogP contribution in [0.3, 0.4) is 0 Å². The summed E-state index contributed by atoms with van der Waals surface area (Å²) in [6.45, 7) is 4.06. The average Bonchev–Trinajstić information content (AvgIpc) is 3.32. The molecule has 1 aromatic heterocycles. The topological polar surface area (TPSA) is 65.4 Å². The van der Waals surface area contributed by atoms with Crippen molar-refractivity contribution in [3.8, 4) is 0 Å². The number of carbonyl (C=O) groups excluding carboxylic acids is 1. The molecule has 0 bridgehead atoms. The number of benzene rings is 2. The Morgan fingerprint density at radius 3 is 2.59 bits per heavy atom. The highest BCUT2D eigenvalue weighted by molar-refractivity contribution is 7.90. The molecule has 140 valence electrons. The number of rotatable bonds is 5. The van der Waals surface area contributed by atoms with Gasteiger partial charge in [0.1, 0.15) is 0 Å². The zero-order valence-corrected chi connectivity index (χ0v) is 16.1. The third-order valence-corrected chi connectivity index (χ3v) is 6.76. The first kappa shape index (κ1) is 17.8. The molecule has 1 aliphatic rings. The van der Waals surface area contributed by atoms with Crippen LogP contribution in [0.15, 0.2) is 59.6 Å². The molecule has 0 saturated heterocycles. The maximum atomic E-state index is 13.2. The van der Waals surface area contributed by atoms with Crippen LogP contribution in [0.5, 0.6) is 0 Å². The van der Waals surface area contributed by atoms with Crippen molar-refractivity contribution in [2.24, 2.45) is 5.92 Å². The molecule has 0 N–H and O–H groups in total. The maximum Gasteiger partial charge on any atom is 0.309 e. The predicted octanol–water partition coefficient (Wildman–Crippen LogP) is 3.85. The second-order valence-electron chi connectivity index (χ2n) is 6.92. The molecule has 2 atom stereocenters. The Morgan fingerprint density at radius 1 is 1.15 bits per heavy atom. The van der Waals surface area contributed by atoms with Crippen molar-refractivity contribution in [1.82, 2.24) is 3.97 Å². The van der Waals surface area contributed by atoms with Gasteiger partial charge in [0.2, 0.25) is 0 Å². The number of esters is 1. The molecule has 1 saturated carbocycles. The summed E-state index contributed by atoms with van der Waals surface area (Å²) in [5.74, 6) is -0.408. The van der Waals surface area contributed by atoms with E-state index in [4.69, 9.17) is 4.74 Å². The Hall–Kier alpha value is -2.60. The lowest BCUT2D eigenvalue weighted by Crippen LogP contribution is -2.13. The lowest BCUT2D eigenvalue weighted by atomic mass is 10.1. The Kier molecular flexibility index (Phi) is 4.30. The highest BCUT2D eigenvalue weighted by Crippen LogP contribution is 2.50. The summed E-state index contributed by atoms with van der Waals surface area (Å²) >= 11 is 0. The Bertz CT molecular complexity index is 1110. The van der Waals surface area contributed by atoms with Gasteiger partial charge in [0.15, 0.2) is 0 Å². The molecule has 27 heavy (non-hydrogen) atoms. The van der Waals surface area contributed by atoms with Crippen molar-refractivity contribution < 1.29 is 17.9 Å². The van der Waals surface area contributed by atoms with Crippen molar-refractivity contribution in [1.29, 1.82) is 0 Å². The normalized spacial score (nSPS) is 19.2. The molecule has 1 fully saturated rings. The monoisotopic (exact) mass is 383 g/mol. The number of aryl methyl sites for hydroxylation is 1. The fourth-order valence-corrected chi connectivity index (χ4v) is 4.94. The average molecular weight is 383 g/mol. The summed E-state index contributed by atoms with van der Waals surface area (Å²) in [5.41, 5.74) is 2.53. The van der Waals surface area contributed by atoms with Gasteiger partial charge in [-0.2, -0.15) is 0 Å². The van der Waals surface area contributed by atoms with E-state index in [2.05, 4.69) is 0 Å². The van der Waals surface area contributed by atoms with E-state index in [1.54, 1.807) is 43.5 Å². The van der Waals surface area contributed by atoms with Crippen LogP contribution in [0.1, 0.15) is 30.4 Å². The molecule has 1 heterocycles. The van der Waals surface area contributed by atoms with E-state index in [0.717, 1.165) is 16.5 Å². The summed E-state index contributed by atoms with van der Waals surface area (Å²) in [5, 5.41) is 0.845. The van der Waals surface area contributed by atoms with Crippen LogP contribution in [-0.2, 0) is 19.6 Å². The van der Waals surface area contributed by atoms with Crippen LogP contribution in [0, 0.1) is 12.8 Å². The van der Waals surface area contributed by atoms with E-state index >= 15 is 0 Å². The van der Waals surface area contributed by atoms with E-state index < -0.39 is 10.0 Å². The van der Waals surface area contributed by atoms with Gasteiger partial charge in [0.25, 0.3) is 10.0 Å². The Balaban J connectivity index is 1.80. The van der Waals surface area contributed by atoms with Crippen LogP contribution in [0.4, 0.5) is 0 Å². The highest BCUT2D eigenvalue weighted by atomic mass is 32.2. The first-order valence-corrected chi connectivity index (χ1v) is 10.5. The minimum atomic E-state index is -3.71. The summed E-state index contributed by atoms with van der Waals surface area (Å²) in [4.78, 5) is 12.3. The minimum Gasteiger partial charge on any atom is -0.466 e. The Morgan fingerprint density at radius 2 is 1.89 bits per heavy atom. The van der Waals surface area contributed by atoms with Crippen LogP contribution < -0.4 is 0 Å². The quantitative estimate of drug-likeness (QED) is 0.628. The molecule has 0 radical (unpaired) electrons. The number of hydrogen-bond donors (Lipinski definition) is 0. The van der Waals surface area contributed by atoms with Crippen LogP contribution in [0.2, 0.25) is 0 Å². The predicted molar refractivity (Wildman–Crippen MR) is 103 cm³/mol. The summed E-state index contributed by atoms with van der Waals surface area (Å²) < 4.78 is 32.9. The molecule has 0 spiro atoms. The first-order chi connectivity index (χ1) is 12.9. The largest absolute Gasteiger partial charge is 0.466 e. The van der Waals surface area contributed by atoms with Crippen LogP contribution in [-0.4, -0.2) is 25.0 Å². The van der Waals surface area contributed by atoms with Gasteiger partial charge >= 0.3 is 5.97 Å². The molecule has 5 nitrogen and oxygen atoms in total. The van der Waals surface area contributed by atoms with Crippen molar-refractivity contribution >= 4 is 26.9 Å². The summed E-state index contributed by atoms with van der Waals surface area (Å²) in [6.07, 6.45) is 2.28. The third kappa shape index (κ3) is 3.04. The third-order valence-electron chi connectivity index (χ3n) is 5.07. The summed E-state index contributed by atoms with van der Waals surface area (Å²) in [7, 11) is -3.71. The fourth-order valence-electron chi connectivity index (χ4n) is 3.56. The minimum absolute atomic E-state index is 0.00498. The number of ether oxygens (including phenoxy) is 1. The molecular weight excluding hydrogens is 362 g/mol. The van der Waals surface area contributed by atoms with Gasteiger partial charge in [-0.1, -0.05) is 35.9 Å². The molecule has 2 aromatic carbocycles. The van der Waals surface area contributed by atoms with Gasteiger partial charge in [-0.3, -0.25) is 4.79 Å². The fraction of sp³-hybridized carbons (Fsp3) is 0.286. The lowest BCUT2D eigenvalue weighted by molar-refractivity contribution is -0.144. The van der Waals surface area contributed by atoms with E-state index in [1.807, 2.05) is 25.1 Å². The van der Waals surface area contributed by atoms with Crippen molar-refractivity contribution in [2.45, 2.75) is 31.1 Å². The number of aromatic nitrogens is 1. The molecular formula is C21H21NO4S. The van der Waals surface area contributed by atoms with Gasteiger partial charge in [-0.05, 0) is 44.0 Å². The van der Waals surface area contributed by atoms with Gasteiger partial charge in [-0.15, -0.1) is 0 Å². The van der Waals surface area contributed by atoms with Gasteiger partial charge in [0, 0.05) is 17.5 Å². The molecule has 6 heteroatoms. The van der Waals surface area contributed by atoms with Gasteiger partial charge < -0.3 is 4.74 Å². The number of para-hydroxylation sites is 1. The molecule has 3 aromatic rings. The molecule has 2 unspecified atom stereocenters. The van der Waals surface area contributed by atoms with Crippen LogP contribution >= 0.6 is 0 Å². The second-order valence-corrected chi connectivity index (χ2v) is 8.73. The number of hydrogen-bond acceptors (Lipinski definition) is 4. The van der Waals surface area contributed by atoms with E-state index in [-0.39, 0.29) is 22.7 Å². The second kappa shape index (κ2) is 6.53. The Labute approximate surface area is 158 Å². The standard InChI is InChI=1S/C21H21NO4S/c1-3-26-21(23)19-13-18(19)17-6-4-5-15-11-12-22(20(15)17)27(24,25)16-9-7-14(2)8-10-16/h4-12,18-19H,3,13H2,1-2H3. The first-order valence-electron chi connectivity index (χ1n) is 9.02. The molecule has 0 amide bonds. The van der Waals surface area contributed by atoms with Crippen molar-refractivity contribution in [3.05, 3.63) is 65.9 Å². The number of fused-ring (bicyclic) bond motifs is 1. The lowest BCUT2D eigenvalue weighted by Gasteiger charge is -2.11. The zero-order chi connectivity index (χ0) is 19.2. The number of carbonyl (C=O) groups is 1. The van der Waals surface area contributed by atoms with Crippen molar-refractivity contribution in [2.75, 3.05) is 6.61 Å². The zero-order valence-electron chi connectivity index (χ0n) is 15.3. The SMILES string of the molecule is CCOC(=O)C1CC1c1cccc2ccn(S(=O)(=O)c3ccc(C)cc3)c12. The molecule has 1 aliphatic carbocycles. The van der Waals surface area contributed by atoms with Gasteiger partial charge in [0.05, 0.1) is 22.9 Å². The van der Waals surface area contributed by atoms with E-state index in [0.29, 0.717) is 18.5 Å². The number of nitrogens with zero attached hydrogens (tertiary/aromatic N) is 1. The maximum absolute atomic E-state index is 13.2.